The summed E-state index contributed by atoms with van der Waals surface area (Å²) < 4.78 is 1.71. The number of aryl methyl sites for hydroxylation is 1. The van der Waals surface area contributed by atoms with Crippen molar-refractivity contribution in [3.8, 4) is 0 Å². The Morgan fingerprint density at radius 1 is 1.38 bits per heavy atom. The molecule has 0 aliphatic heterocycles. The lowest BCUT2D eigenvalue weighted by Gasteiger charge is -2.17. The SMILES string of the molecule is C=C/C(=C\C(=C)O)C(=N)c1c(N)ncnc1NCc1cc2cccc(C)c2c(=O)n1CC. The molecule has 0 spiro atoms. The lowest BCUT2D eigenvalue weighted by atomic mass is 10.0. The molecule has 0 aliphatic rings. The zero-order valence-corrected chi connectivity index (χ0v) is 18.1. The normalized spacial score (nSPS) is 11.4. The van der Waals surface area contributed by atoms with E-state index >= 15 is 0 Å². The molecule has 2 aromatic heterocycles. The Morgan fingerprint density at radius 2 is 2.12 bits per heavy atom. The largest absolute Gasteiger partial charge is 0.509 e. The van der Waals surface area contributed by atoms with Crippen LogP contribution in [0, 0.1) is 12.3 Å². The van der Waals surface area contributed by atoms with Crippen LogP contribution in [0.25, 0.3) is 10.8 Å². The van der Waals surface area contributed by atoms with E-state index in [0.717, 1.165) is 16.6 Å². The highest BCUT2D eigenvalue weighted by Gasteiger charge is 2.18. The molecule has 0 aliphatic carbocycles. The molecular formula is C24H26N6O2. The minimum absolute atomic E-state index is 0.0159. The van der Waals surface area contributed by atoms with Crippen molar-refractivity contribution >= 4 is 28.1 Å². The zero-order chi connectivity index (χ0) is 23.4. The number of nitrogens with zero attached hydrogens (tertiary/aromatic N) is 3. The van der Waals surface area contributed by atoms with Crippen LogP contribution in [-0.4, -0.2) is 25.4 Å². The van der Waals surface area contributed by atoms with Crippen LogP contribution in [-0.2, 0) is 13.1 Å². The van der Waals surface area contributed by atoms with Gasteiger partial charge in [-0.1, -0.05) is 37.4 Å². The van der Waals surface area contributed by atoms with Crippen LogP contribution < -0.4 is 16.6 Å². The van der Waals surface area contributed by atoms with Crippen LogP contribution in [0.3, 0.4) is 0 Å². The van der Waals surface area contributed by atoms with Gasteiger partial charge in [0.25, 0.3) is 5.56 Å². The molecule has 0 bridgehead atoms. The van der Waals surface area contributed by atoms with Gasteiger partial charge in [-0.25, -0.2) is 9.97 Å². The average Bonchev–Trinajstić information content (AvgIpc) is 2.75. The van der Waals surface area contributed by atoms with Gasteiger partial charge in [-0.2, -0.15) is 0 Å². The Balaban J connectivity index is 2.03. The number of nitrogen functional groups attached to an aromatic ring is 1. The van der Waals surface area contributed by atoms with Crippen molar-refractivity contribution in [3.05, 3.63) is 94.4 Å². The number of pyridine rings is 1. The highest BCUT2D eigenvalue weighted by Crippen LogP contribution is 2.23. The van der Waals surface area contributed by atoms with Gasteiger partial charge >= 0.3 is 0 Å². The van der Waals surface area contributed by atoms with E-state index in [1.54, 1.807) is 4.57 Å². The first kappa shape index (κ1) is 22.5. The van der Waals surface area contributed by atoms with Gasteiger partial charge in [0.2, 0.25) is 0 Å². The molecule has 164 valence electrons. The monoisotopic (exact) mass is 430 g/mol. The third-order valence-electron chi connectivity index (χ3n) is 5.14. The van der Waals surface area contributed by atoms with Gasteiger partial charge in [0.05, 0.1) is 23.2 Å². The summed E-state index contributed by atoms with van der Waals surface area (Å²) in [5.74, 6) is 0.220. The number of aliphatic hydroxyl groups is 1. The van der Waals surface area contributed by atoms with E-state index in [-0.39, 0.29) is 35.0 Å². The number of anilines is 2. The topological polar surface area (TPSA) is 130 Å². The zero-order valence-electron chi connectivity index (χ0n) is 18.1. The third kappa shape index (κ3) is 4.29. The highest BCUT2D eigenvalue weighted by atomic mass is 16.3. The first-order valence-corrected chi connectivity index (χ1v) is 10.1. The summed E-state index contributed by atoms with van der Waals surface area (Å²) in [6.45, 7) is 11.7. The Kier molecular flexibility index (Phi) is 6.53. The maximum Gasteiger partial charge on any atom is 0.258 e. The Hall–Kier alpha value is -4.20. The molecule has 0 unspecified atom stereocenters. The summed E-state index contributed by atoms with van der Waals surface area (Å²) >= 11 is 0. The lowest BCUT2D eigenvalue weighted by molar-refractivity contribution is 0.435. The summed E-state index contributed by atoms with van der Waals surface area (Å²) in [4.78, 5) is 21.3. The first-order chi connectivity index (χ1) is 15.3. The first-order valence-electron chi connectivity index (χ1n) is 10.1. The van der Waals surface area contributed by atoms with Crippen LogP contribution in [0.5, 0.6) is 0 Å². The molecule has 8 heteroatoms. The molecule has 0 saturated heterocycles. The van der Waals surface area contributed by atoms with Gasteiger partial charge in [0.15, 0.2) is 0 Å². The maximum atomic E-state index is 13.1. The molecule has 32 heavy (non-hydrogen) atoms. The minimum Gasteiger partial charge on any atom is -0.509 e. The fourth-order valence-electron chi connectivity index (χ4n) is 3.63. The Morgan fingerprint density at radius 3 is 2.78 bits per heavy atom. The predicted octanol–water partition coefficient (Wildman–Crippen LogP) is 3.87. The highest BCUT2D eigenvalue weighted by molar-refractivity contribution is 6.17. The van der Waals surface area contributed by atoms with E-state index in [9.17, 15) is 9.90 Å². The average molecular weight is 431 g/mol. The number of aliphatic hydroxyl groups excluding tert-OH is 1. The molecule has 0 radical (unpaired) electrons. The summed E-state index contributed by atoms with van der Waals surface area (Å²) in [7, 11) is 0. The lowest BCUT2D eigenvalue weighted by Crippen LogP contribution is -2.25. The van der Waals surface area contributed by atoms with Gasteiger partial charge < -0.3 is 20.7 Å². The quantitative estimate of drug-likeness (QED) is 0.244. The molecular weight excluding hydrogens is 404 g/mol. The summed E-state index contributed by atoms with van der Waals surface area (Å²) in [5.41, 5.74) is 8.27. The van der Waals surface area contributed by atoms with Crippen molar-refractivity contribution in [2.24, 2.45) is 0 Å². The van der Waals surface area contributed by atoms with Gasteiger partial charge in [-0.3, -0.25) is 10.2 Å². The third-order valence-corrected chi connectivity index (χ3v) is 5.14. The molecule has 1 aromatic carbocycles. The van der Waals surface area contributed by atoms with Crippen LogP contribution >= 0.6 is 0 Å². The second kappa shape index (κ2) is 9.30. The van der Waals surface area contributed by atoms with E-state index in [2.05, 4.69) is 28.4 Å². The number of fused-ring (bicyclic) bond motifs is 1. The van der Waals surface area contributed by atoms with Gasteiger partial charge in [0, 0.05) is 17.8 Å². The molecule has 0 amide bonds. The molecule has 5 N–H and O–H groups in total. The van der Waals surface area contributed by atoms with Crippen molar-refractivity contribution < 1.29 is 5.11 Å². The maximum absolute atomic E-state index is 13.1. The van der Waals surface area contributed by atoms with Crippen LogP contribution in [0.15, 0.2) is 72.0 Å². The van der Waals surface area contributed by atoms with E-state index in [0.29, 0.717) is 23.3 Å². The van der Waals surface area contributed by atoms with E-state index in [4.69, 9.17) is 11.1 Å². The standard InChI is InChI=1S/C24H26N6O2/c1-5-16(10-15(4)31)21(25)20-22(26)28-13-29-23(20)27-12-18-11-17-9-7-8-14(3)19(17)24(32)30(18)6-2/h5,7-11,13,25,31H,1,4,6,12H2,2-3H3,(H3,26,27,28,29)/b16-10+,25-21?. The molecule has 0 atom stereocenters. The van der Waals surface area contributed by atoms with Crippen molar-refractivity contribution in [1.29, 1.82) is 5.41 Å². The van der Waals surface area contributed by atoms with Crippen LogP contribution in [0.2, 0.25) is 0 Å². The molecule has 0 fully saturated rings. The Labute approximate surface area is 186 Å². The number of rotatable bonds is 8. The van der Waals surface area contributed by atoms with Crippen molar-refractivity contribution in [1.82, 2.24) is 14.5 Å². The number of nitrogens with one attached hydrogen (secondary N) is 2. The number of allylic oxidation sites excluding steroid dienone is 3. The number of hydrogen-bond acceptors (Lipinski definition) is 7. The van der Waals surface area contributed by atoms with Gasteiger partial charge in [-0.15, -0.1) is 0 Å². The Bertz CT molecular complexity index is 1320. The summed E-state index contributed by atoms with van der Waals surface area (Å²) in [5, 5.41) is 22.8. The van der Waals surface area contributed by atoms with E-state index in [1.807, 2.05) is 38.1 Å². The number of aromatic nitrogens is 3. The smallest absolute Gasteiger partial charge is 0.258 e. The second-order valence-electron chi connectivity index (χ2n) is 7.23. The van der Waals surface area contributed by atoms with E-state index < -0.39 is 0 Å². The summed E-state index contributed by atoms with van der Waals surface area (Å²) in [6, 6.07) is 7.74. The van der Waals surface area contributed by atoms with Crippen LogP contribution in [0.4, 0.5) is 11.6 Å². The minimum atomic E-state index is -0.215. The number of nitrogens with two attached hydrogens (primary N) is 1. The van der Waals surface area contributed by atoms with Gasteiger partial charge in [0.1, 0.15) is 23.7 Å². The van der Waals surface area contributed by atoms with Crippen molar-refractivity contribution in [2.75, 3.05) is 11.1 Å². The molecule has 3 aromatic rings. The second-order valence-corrected chi connectivity index (χ2v) is 7.23. The van der Waals surface area contributed by atoms with Crippen LogP contribution in [0.1, 0.15) is 23.7 Å². The fourth-order valence-corrected chi connectivity index (χ4v) is 3.63. The number of benzene rings is 1. The summed E-state index contributed by atoms with van der Waals surface area (Å²) in [6.07, 6.45) is 4.03. The van der Waals surface area contributed by atoms with Crippen molar-refractivity contribution in [2.45, 2.75) is 26.9 Å². The number of hydrogen-bond donors (Lipinski definition) is 4. The molecule has 2 heterocycles. The molecule has 8 nitrogen and oxygen atoms in total. The molecule has 3 rings (SSSR count). The fraction of sp³-hybridized carbons (Fsp3) is 0.167. The predicted molar refractivity (Wildman–Crippen MR) is 129 cm³/mol. The van der Waals surface area contributed by atoms with E-state index in [1.165, 1.54) is 18.5 Å². The molecule has 0 saturated carbocycles. The van der Waals surface area contributed by atoms with Crippen molar-refractivity contribution in [3.63, 3.8) is 0 Å². The van der Waals surface area contributed by atoms with Gasteiger partial charge in [-0.05, 0) is 36.9 Å².